The molecule has 0 saturated carbocycles. The van der Waals surface area contributed by atoms with Crippen molar-refractivity contribution in [2.45, 2.75) is 0 Å². The normalized spacial score (nSPS) is 10.4. The van der Waals surface area contributed by atoms with Crippen LogP contribution in [0, 0.1) is 0 Å². The van der Waals surface area contributed by atoms with Gasteiger partial charge in [-0.1, -0.05) is 30.4 Å². The zero-order chi connectivity index (χ0) is 13.9. The molecule has 0 aliphatic carbocycles. The molecule has 0 spiro atoms. The van der Waals surface area contributed by atoms with Crippen LogP contribution >= 0.6 is 12.2 Å². The minimum atomic E-state index is 0.252. The summed E-state index contributed by atoms with van der Waals surface area (Å²) in [7, 11) is 0. The van der Waals surface area contributed by atoms with Crippen molar-refractivity contribution in [2.24, 2.45) is 5.73 Å². The molecule has 5 heteroatoms. The number of nitrogens with two attached hydrogens (primary N) is 1. The summed E-state index contributed by atoms with van der Waals surface area (Å²) >= 11 is 4.98. The SMILES string of the molecule is NC(=S)c1cccnc1Oc1cnc2ccccc2c1. The van der Waals surface area contributed by atoms with E-state index in [1.807, 2.05) is 30.3 Å². The van der Waals surface area contributed by atoms with E-state index < -0.39 is 0 Å². The third kappa shape index (κ3) is 2.44. The van der Waals surface area contributed by atoms with Gasteiger partial charge in [-0.05, 0) is 24.3 Å². The maximum atomic E-state index is 5.74. The zero-order valence-electron chi connectivity index (χ0n) is 10.5. The molecule has 0 aliphatic rings. The lowest BCUT2D eigenvalue weighted by Crippen LogP contribution is -2.11. The summed E-state index contributed by atoms with van der Waals surface area (Å²) in [4.78, 5) is 8.74. The molecule has 2 N–H and O–H groups in total. The molecule has 2 aromatic heterocycles. The van der Waals surface area contributed by atoms with Crippen molar-refractivity contribution in [2.75, 3.05) is 0 Å². The quantitative estimate of drug-likeness (QED) is 0.748. The molecule has 0 saturated heterocycles. The second kappa shape index (κ2) is 5.22. The van der Waals surface area contributed by atoms with E-state index in [4.69, 9.17) is 22.7 Å². The van der Waals surface area contributed by atoms with Gasteiger partial charge in [0, 0.05) is 11.6 Å². The smallest absolute Gasteiger partial charge is 0.229 e. The molecule has 0 unspecified atom stereocenters. The number of rotatable bonds is 3. The number of fused-ring (bicyclic) bond motifs is 1. The lowest BCUT2D eigenvalue weighted by Gasteiger charge is -2.09. The van der Waals surface area contributed by atoms with Gasteiger partial charge in [0.25, 0.3) is 0 Å². The summed E-state index contributed by atoms with van der Waals surface area (Å²) in [5.74, 6) is 0.983. The minimum Gasteiger partial charge on any atom is -0.437 e. The second-order valence-corrected chi connectivity index (χ2v) is 4.63. The number of nitrogens with zero attached hydrogens (tertiary/aromatic N) is 2. The third-order valence-corrected chi connectivity index (χ3v) is 3.04. The first-order valence-corrected chi connectivity index (χ1v) is 6.42. The maximum Gasteiger partial charge on any atom is 0.229 e. The van der Waals surface area contributed by atoms with Gasteiger partial charge < -0.3 is 10.5 Å². The summed E-state index contributed by atoms with van der Waals surface area (Å²) in [6.07, 6.45) is 3.28. The highest BCUT2D eigenvalue weighted by molar-refractivity contribution is 7.80. The summed E-state index contributed by atoms with van der Waals surface area (Å²) in [6, 6.07) is 13.3. The van der Waals surface area contributed by atoms with E-state index in [2.05, 4.69) is 9.97 Å². The molecule has 20 heavy (non-hydrogen) atoms. The topological polar surface area (TPSA) is 61.0 Å². The summed E-state index contributed by atoms with van der Waals surface area (Å²) in [5.41, 5.74) is 7.17. The average Bonchev–Trinajstić information content (AvgIpc) is 2.47. The van der Waals surface area contributed by atoms with Gasteiger partial charge in [0.1, 0.15) is 10.7 Å². The molecule has 0 radical (unpaired) electrons. The Morgan fingerprint density at radius 1 is 1.10 bits per heavy atom. The second-order valence-electron chi connectivity index (χ2n) is 4.19. The van der Waals surface area contributed by atoms with Crippen LogP contribution in [0.1, 0.15) is 5.56 Å². The highest BCUT2D eigenvalue weighted by atomic mass is 32.1. The van der Waals surface area contributed by atoms with Crippen molar-refractivity contribution in [1.82, 2.24) is 9.97 Å². The number of pyridine rings is 2. The standard InChI is InChI=1S/C15H11N3OS/c16-14(20)12-5-3-7-17-15(12)19-11-8-10-4-1-2-6-13(10)18-9-11/h1-9H,(H2,16,20). The van der Waals surface area contributed by atoms with Crippen molar-refractivity contribution in [3.8, 4) is 11.6 Å². The van der Waals surface area contributed by atoms with Crippen molar-refractivity contribution in [1.29, 1.82) is 0 Å². The number of thiocarbonyl (C=S) groups is 1. The third-order valence-electron chi connectivity index (χ3n) is 2.82. The Morgan fingerprint density at radius 3 is 2.80 bits per heavy atom. The first-order valence-electron chi connectivity index (χ1n) is 6.01. The Hall–Kier alpha value is -2.53. The maximum absolute atomic E-state index is 5.74. The minimum absolute atomic E-state index is 0.252. The number of benzene rings is 1. The Kier molecular flexibility index (Phi) is 3.26. The van der Waals surface area contributed by atoms with Crippen LogP contribution in [0.4, 0.5) is 0 Å². The highest BCUT2D eigenvalue weighted by Crippen LogP contribution is 2.24. The van der Waals surface area contributed by atoms with Gasteiger partial charge in [-0.2, -0.15) is 0 Å². The van der Waals surface area contributed by atoms with E-state index in [0.717, 1.165) is 10.9 Å². The molecule has 0 bridgehead atoms. The van der Waals surface area contributed by atoms with Crippen LogP contribution in [-0.4, -0.2) is 15.0 Å². The lowest BCUT2D eigenvalue weighted by molar-refractivity contribution is 0.461. The van der Waals surface area contributed by atoms with Gasteiger partial charge in [-0.25, -0.2) is 4.98 Å². The Bertz CT molecular complexity index is 789. The van der Waals surface area contributed by atoms with Crippen LogP contribution in [0.15, 0.2) is 54.9 Å². The van der Waals surface area contributed by atoms with E-state index in [1.165, 1.54) is 0 Å². The molecule has 2 heterocycles. The lowest BCUT2D eigenvalue weighted by atomic mass is 10.2. The highest BCUT2D eigenvalue weighted by Gasteiger charge is 2.09. The molecule has 0 fully saturated rings. The Balaban J connectivity index is 1.99. The van der Waals surface area contributed by atoms with Gasteiger partial charge in [0.15, 0.2) is 0 Å². The van der Waals surface area contributed by atoms with Gasteiger partial charge in [-0.15, -0.1) is 0 Å². The van der Waals surface area contributed by atoms with Crippen LogP contribution in [0.25, 0.3) is 10.9 Å². The fourth-order valence-corrected chi connectivity index (χ4v) is 2.03. The van der Waals surface area contributed by atoms with E-state index in [1.54, 1.807) is 24.5 Å². The predicted molar refractivity (Wildman–Crippen MR) is 81.9 cm³/mol. The van der Waals surface area contributed by atoms with Gasteiger partial charge in [-0.3, -0.25) is 4.98 Å². The summed E-state index contributed by atoms with van der Waals surface area (Å²) in [6.45, 7) is 0. The number of hydrogen-bond donors (Lipinski definition) is 1. The summed E-state index contributed by atoms with van der Waals surface area (Å²) in [5, 5.41) is 0.998. The van der Waals surface area contributed by atoms with Crippen LogP contribution < -0.4 is 10.5 Å². The van der Waals surface area contributed by atoms with Crippen LogP contribution in [0.5, 0.6) is 11.6 Å². The number of hydrogen-bond acceptors (Lipinski definition) is 4. The number of aromatic nitrogens is 2. The van der Waals surface area contributed by atoms with Crippen LogP contribution in [-0.2, 0) is 0 Å². The monoisotopic (exact) mass is 281 g/mol. The van der Waals surface area contributed by atoms with E-state index in [-0.39, 0.29) is 4.99 Å². The molecule has 98 valence electrons. The van der Waals surface area contributed by atoms with E-state index in [9.17, 15) is 0 Å². The van der Waals surface area contributed by atoms with Crippen molar-refractivity contribution in [3.63, 3.8) is 0 Å². The van der Waals surface area contributed by atoms with Crippen LogP contribution in [0.3, 0.4) is 0 Å². The predicted octanol–water partition coefficient (Wildman–Crippen LogP) is 3.06. The van der Waals surface area contributed by atoms with Crippen LogP contribution in [0.2, 0.25) is 0 Å². The first kappa shape index (κ1) is 12.5. The molecule has 1 aromatic carbocycles. The van der Waals surface area contributed by atoms with Gasteiger partial charge >= 0.3 is 0 Å². The largest absolute Gasteiger partial charge is 0.437 e. The van der Waals surface area contributed by atoms with E-state index >= 15 is 0 Å². The molecular weight excluding hydrogens is 270 g/mol. The van der Waals surface area contributed by atoms with Crippen molar-refractivity contribution >= 4 is 28.1 Å². The Morgan fingerprint density at radius 2 is 1.95 bits per heavy atom. The molecule has 0 aliphatic heterocycles. The molecule has 3 aromatic rings. The van der Waals surface area contributed by atoms with Crippen molar-refractivity contribution < 1.29 is 4.74 Å². The molecule has 3 rings (SSSR count). The molecule has 4 nitrogen and oxygen atoms in total. The fraction of sp³-hybridized carbons (Fsp3) is 0. The van der Waals surface area contributed by atoms with Gasteiger partial charge in [0.05, 0.1) is 17.3 Å². The number of ether oxygens (including phenoxy) is 1. The first-order chi connectivity index (χ1) is 9.74. The molecular formula is C15H11N3OS. The van der Waals surface area contributed by atoms with Crippen molar-refractivity contribution in [3.05, 3.63) is 60.4 Å². The zero-order valence-corrected chi connectivity index (χ0v) is 11.3. The number of para-hydroxylation sites is 1. The average molecular weight is 281 g/mol. The molecule has 0 amide bonds. The fourth-order valence-electron chi connectivity index (χ4n) is 1.88. The van der Waals surface area contributed by atoms with Gasteiger partial charge in [0.2, 0.25) is 5.88 Å². The molecule has 0 atom stereocenters. The van der Waals surface area contributed by atoms with E-state index in [0.29, 0.717) is 17.2 Å². The Labute approximate surface area is 121 Å². The summed E-state index contributed by atoms with van der Waals surface area (Å²) < 4.78 is 5.74.